The second-order valence-corrected chi connectivity index (χ2v) is 7.30. The number of hydrogen-bond acceptors (Lipinski definition) is 5. The van der Waals surface area contributed by atoms with Gasteiger partial charge in [0.05, 0.1) is 0 Å². The van der Waals surface area contributed by atoms with E-state index in [4.69, 9.17) is 0 Å². The fourth-order valence-electron chi connectivity index (χ4n) is 2.64. The predicted molar refractivity (Wildman–Crippen MR) is 107 cm³/mol. The second kappa shape index (κ2) is 8.17. The normalized spacial score (nSPS) is 11.2. The molecule has 0 saturated heterocycles. The summed E-state index contributed by atoms with van der Waals surface area (Å²) in [6.07, 6.45) is 0. The van der Waals surface area contributed by atoms with E-state index in [1.165, 1.54) is 5.69 Å². The van der Waals surface area contributed by atoms with Crippen molar-refractivity contribution in [2.24, 2.45) is 0 Å². The number of aryl methyl sites for hydroxylation is 1. The maximum atomic E-state index is 12.1. The molecule has 0 aliphatic rings. The van der Waals surface area contributed by atoms with Crippen LogP contribution in [0.3, 0.4) is 0 Å². The molecule has 0 aliphatic heterocycles. The van der Waals surface area contributed by atoms with Crippen LogP contribution in [0.25, 0.3) is 0 Å². The third-order valence-electron chi connectivity index (χ3n) is 3.99. The average Bonchev–Trinajstić information content (AvgIpc) is 2.57. The number of hydrogen-bond donors (Lipinski definition) is 2. The molecule has 140 valence electrons. The van der Waals surface area contributed by atoms with Gasteiger partial charge in [-0.2, -0.15) is 0 Å². The van der Waals surface area contributed by atoms with Crippen LogP contribution in [-0.4, -0.2) is 34.7 Å². The van der Waals surface area contributed by atoms with Crippen molar-refractivity contribution in [3.63, 3.8) is 0 Å². The minimum absolute atomic E-state index is 0.226. The summed E-state index contributed by atoms with van der Waals surface area (Å²) in [5.41, 5.74) is 3.31. The van der Waals surface area contributed by atoms with Crippen LogP contribution in [0.5, 0.6) is 0 Å². The van der Waals surface area contributed by atoms with Crippen molar-refractivity contribution in [3.8, 4) is 0 Å². The van der Waals surface area contributed by atoms with Gasteiger partial charge in [0.15, 0.2) is 11.5 Å². The van der Waals surface area contributed by atoms with E-state index in [1.54, 1.807) is 12.1 Å². The van der Waals surface area contributed by atoms with Gasteiger partial charge in [0.25, 0.3) is 5.91 Å². The van der Waals surface area contributed by atoms with Gasteiger partial charge in [-0.1, -0.05) is 0 Å². The van der Waals surface area contributed by atoms with E-state index in [1.807, 2.05) is 26.8 Å². The van der Waals surface area contributed by atoms with Crippen LogP contribution >= 0.6 is 0 Å². The van der Waals surface area contributed by atoms with Gasteiger partial charge in [0.1, 0.15) is 0 Å². The number of nitrogens with zero attached hydrogens (tertiary/aromatic N) is 3. The van der Waals surface area contributed by atoms with E-state index in [-0.39, 0.29) is 11.4 Å². The van der Waals surface area contributed by atoms with Gasteiger partial charge in [0, 0.05) is 30.0 Å². The number of benzene rings is 1. The average molecular weight is 355 g/mol. The van der Waals surface area contributed by atoms with Crippen molar-refractivity contribution in [2.75, 3.05) is 23.3 Å². The van der Waals surface area contributed by atoms with Crippen molar-refractivity contribution in [1.82, 2.24) is 15.5 Å². The largest absolute Gasteiger partial charge is 0.372 e. The Morgan fingerprint density at radius 3 is 2.27 bits per heavy atom. The van der Waals surface area contributed by atoms with Crippen LogP contribution in [0.4, 0.5) is 17.2 Å². The Morgan fingerprint density at radius 1 is 1.08 bits per heavy atom. The number of anilines is 3. The monoisotopic (exact) mass is 355 g/mol. The van der Waals surface area contributed by atoms with Crippen LogP contribution in [0.15, 0.2) is 30.3 Å². The fraction of sp³-hybridized carbons (Fsp3) is 0.450. The highest BCUT2D eigenvalue weighted by molar-refractivity contribution is 5.92. The molecule has 0 bridgehead atoms. The minimum atomic E-state index is -0.306. The maximum Gasteiger partial charge on any atom is 0.272 e. The molecule has 0 aliphatic carbocycles. The molecule has 1 aromatic heterocycles. The zero-order valence-electron chi connectivity index (χ0n) is 16.6. The smallest absolute Gasteiger partial charge is 0.272 e. The highest BCUT2D eigenvalue weighted by Crippen LogP contribution is 2.24. The lowest BCUT2D eigenvalue weighted by molar-refractivity contribution is 0.0913. The summed E-state index contributed by atoms with van der Waals surface area (Å²) in [5, 5.41) is 14.3. The zero-order chi connectivity index (χ0) is 19.3. The Hall–Kier alpha value is -2.63. The first kappa shape index (κ1) is 19.7. The van der Waals surface area contributed by atoms with Crippen molar-refractivity contribution in [2.45, 2.75) is 47.1 Å². The second-order valence-electron chi connectivity index (χ2n) is 7.30. The van der Waals surface area contributed by atoms with E-state index in [0.717, 1.165) is 24.3 Å². The first-order chi connectivity index (χ1) is 12.2. The SMILES string of the molecule is CCN(CC)c1ccc(Nc2ccc(C(=O)NC(C)(C)C)nn2)c(C)c1. The number of carbonyl (C=O) groups is 1. The van der Waals surface area contributed by atoms with Gasteiger partial charge >= 0.3 is 0 Å². The van der Waals surface area contributed by atoms with Crippen LogP contribution in [0, 0.1) is 6.92 Å². The molecule has 2 rings (SSSR count). The summed E-state index contributed by atoms with van der Waals surface area (Å²) in [6.45, 7) is 14.1. The molecular formula is C20H29N5O. The highest BCUT2D eigenvalue weighted by Gasteiger charge is 2.16. The standard InChI is InChI=1S/C20H29N5O/c1-7-25(8-2)15-9-10-16(14(3)13-15)21-18-12-11-17(23-24-18)19(26)22-20(4,5)6/h9-13H,7-8H2,1-6H3,(H,21,24)(H,22,26). The molecule has 1 heterocycles. The van der Waals surface area contributed by atoms with Gasteiger partial charge in [-0.05, 0) is 77.4 Å². The summed E-state index contributed by atoms with van der Waals surface area (Å²) < 4.78 is 0. The van der Waals surface area contributed by atoms with Gasteiger partial charge < -0.3 is 15.5 Å². The number of rotatable bonds is 6. The molecule has 1 amide bonds. The summed E-state index contributed by atoms with van der Waals surface area (Å²) in [5.74, 6) is 0.382. The number of aromatic nitrogens is 2. The fourth-order valence-corrected chi connectivity index (χ4v) is 2.64. The van der Waals surface area contributed by atoms with E-state index in [9.17, 15) is 4.79 Å². The van der Waals surface area contributed by atoms with Crippen LogP contribution in [0.2, 0.25) is 0 Å². The summed E-state index contributed by atoms with van der Waals surface area (Å²) in [7, 11) is 0. The van der Waals surface area contributed by atoms with E-state index >= 15 is 0 Å². The summed E-state index contributed by atoms with van der Waals surface area (Å²) >= 11 is 0. The molecule has 2 N–H and O–H groups in total. The Bertz CT molecular complexity index is 746. The molecule has 26 heavy (non-hydrogen) atoms. The minimum Gasteiger partial charge on any atom is -0.372 e. The third kappa shape index (κ3) is 5.18. The quantitative estimate of drug-likeness (QED) is 0.822. The van der Waals surface area contributed by atoms with Gasteiger partial charge in [-0.25, -0.2) is 0 Å². The Kier molecular flexibility index (Phi) is 6.18. The molecule has 0 saturated carbocycles. The molecule has 6 nitrogen and oxygen atoms in total. The number of nitrogens with one attached hydrogen (secondary N) is 2. The van der Waals surface area contributed by atoms with Crippen LogP contribution < -0.4 is 15.5 Å². The Labute approximate surface area is 156 Å². The van der Waals surface area contributed by atoms with Crippen molar-refractivity contribution >= 4 is 23.1 Å². The Morgan fingerprint density at radius 2 is 1.77 bits per heavy atom. The number of carbonyl (C=O) groups excluding carboxylic acids is 1. The molecule has 0 radical (unpaired) electrons. The van der Waals surface area contributed by atoms with Crippen LogP contribution in [-0.2, 0) is 0 Å². The molecule has 1 aromatic carbocycles. The van der Waals surface area contributed by atoms with Gasteiger partial charge in [0.2, 0.25) is 0 Å². The Balaban J connectivity index is 2.10. The lowest BCUT2D eigenvalue weighted by atomic mass is 10.1. The predicted octanol–water partition coefficient (Wildman–Crippen LogP) is 3.90. The van der Waals surface area contributed by atoms with E-state index < -0.39 is 0 Å². The van der Waals surface area contributed by atoms with E-state index in [0.29, 0.717) is 11.5 Å². The van der Waals surface area contributed by atoms with Gasteiger partial charge in [-0.15, -0.1) is 10.2 Å². The van der Waals surface area contributed by atoms with Crippen molar-refractivity contribution in [1.29, 1.82) is 0 Å². The topological polar surface area (TPSA) is 70.2 Å². The molecule has 0 atom stereocenters. The first-order valence-electron chi connectivity index (χ1n) is 9.02. The molecule has 2 aromatic rings. The lowest BCUT2D eigenvalue weighted by Gasteiger charge is -2.22. The lowest BCUT2D eigenvalue weighted by Crippen LogP contribution is -2.41. The highest BCUT2D eigenvalue weighted by atomic mass is 16.2. The third-order valence-corrected chi connectivity index (χ3v) is 3.99. The maximum absolute atomic E-state index is 12.1. The summed E-state index contributed by atoms with van der Waals surface area (Å²) in [6, 6.07) is 9.75. The summed E-state index contributed by atoms with van der Waals surface area (Å²) in [4.78, 5) is 14.4. The zero-order valence-corrected chi connectivity index (χ0v) is 16.6. The molecule has 0 unspecified atom stereocenters. The van der Waals surface area contributed by atoms with E-state index in [2.05, 4.69) is 58.6 Å². The number of amides is 1. The van der Waals surface area contributed by atoms with Gasteiger partial charge in [-0.3, -0.25) is 4.79 Å². The van der Waals surface area contributed by atoms with Crippen molar-refractivity contribution in [3.05, 3.63) is 41.6 Å². The molecule has 6 heteroatoms. The molecule has 0 spiro atoms. The first-order valence-corrected chi connectivity index (χ1v) is 9.02. The molecule has 0 fully saturated rings. The molecular weight excluding hydrogens is 326 g/mol. The van der Waals surface area contributed by atoms with Crippen molar-refractivity contribution < 1.29 is 4.79 Å². The van der Waals surface area contributed by atoms with Crippen LogP contribution in [0.1, 0.15) is 50.7 Å².